The van der Waals surface area contributed by atoms with Crippen molar-refractivity contribution in [2.24, 2.45) is 10.8 Å². The van der Waals surface area contributed by atoms with Gasteiger partial charge in [-0.2, -0.15) is 0 Å². The summed E-state index contributed by atoms with van der Waals surface area (Å²) in [6.45, 7) is 5.40. The number of hydrogen-bond donors (Lipinski definition) is 4. The van der Waals surface area contributed by atoms with E-state index in [0.717, 1.165) is 0 Å². The van der Waals surface area contributed by atoms with E-state index in [2.05, 4.69) is 20.7 Å². The average molecular weight is 530 g/mol. The first-order valence-electron chi connectivity index (χ1n) is 12.5. The van der Waals surface area contributed by atoms with E-state index in [4.69, 9.17) is 30.2 Å². The van der Waals surface area contributed by atoms with Gasteiger partial charge in [0.2, 0.25) is 17.7 Å². The second-order valence-corrected chi connectivity index (χ2v) is 8.80. The summed E-state index contributed by atoms with van der Waals surface area (Å²) in [5.41, 5.74) is 13.4. The molecule has 2 aliphatic heterocycles. The molecule has 2 rings (SSSR count). The van der Waals surface area contributed by atoms with Gasteiger partial charge in [0.15, 0.2) is 0 Å². The van der Waals surface area contributed by atoms with Crippen molar-refractivity contribution in [1.82, 2.24) is 15.5 Å². The topological polar surface area (TPSA) is 210 Å². The zero-order chi connectivity index (χ0) is 27.0. The van der Waals surface area contributed by atoms with Crippen molar-refractivity contribution in [1.29, 1.82) is 0 Å². The fraction of sp³-hybridized carbons (Fsp3) is 0.864. The molecule has 3 amide bonds. The summed E-state index contributed by atoms with van der Waals surface area (Å²) >= 11 is 0. The zero-order valence-electron chi connectivity index (χ0n) is 21.3. The van der Waals surface area contributed by atoms with E-state index in [1.165, 1.54) is 11.8 Å². The molecule has 37 heavy (non-hydrogen) atoms. The molecule has 0 aliphatic carbocycles. The van der Waals surface area contributed by atoms with Gasteiger partial charge in [-0.05, 0) is 31.7 Å². The third kappa shape index (κ3) is 10.8. The van der Waals surface area contributed by atoms with Crippen molar-refractivity contribution < 1.29 is 38.4 Å². The van der Waals surface area contributed by atoms with Crippen molar-refractivity contribution >= 4 is 17.7 Å². The molecule has 5 atom stereocenters. The van der Waals surface area contributed by atoms with E-state index in [1.807, 2.05) is 0 Å². The van der Waals surface area contributed by atoms with Crippen LogP contribution in [-0.4, -0.2) is 124 Å². The van der Waals surface area contributed by atoms with Crippen molar-refractivity contribution in [2.45, 2.75) is 56.5 Å². The lowest BCUT2D eigenvalue weighted by atomic mass is 10.1. The minimum Gasteiger partial charge on any atom is -0.391 e. The molecule has 15 heteroatoms. The fourth-order valence-corrected chi connectivity index (χ4v) is 4.17. The van der Waals surface area contributed by atoms with Crippen LogP contribution in [0.2, 0.25) is 0 Å². The monoisotopic (exact) mass is 529 g/mol. The van der Waals surface area contributed by atoms with E-state index in [0.29, 0.717) is 85.1 Å². The Balaban J connectivity index is 1.59. The van der Waals surface area contributed by atoms with E-state index < -0.39 is 36.0 Å². The predicted molar refractivity (Wildman–Crippen MR) is 130 cm³/mol. The summed E-state index contributed by atoms with van der Waals surface area (Å²) in [6.07, 6.45) is 0.323. The second-order valence-electron chi connectivity index (χ2n) is 8.80. The first kappa shape index (κ1) is 30.7. The van der Waals surface area contributed by atoms with E-state index in [9.17, 15) is 19.5 Å². The van der Waals surface area contributed by atoms with Crippen LogP contribution in [0.25, 0.3) is 10.4 Å². The number of aliphatic hydroxyl groups excluding tert-OH is 1. The predicted octanol–water partition coefficient (Wildman–Crippen LogP) is -1.56. The minimum atomic E-state index is -1.21. The van der Waals surface area contributed by atoms with Gasteiger partial charge < -0.3 is 45.3 Å². The fourth-order valence-electron chi connectivity index (χ4n) is 4.17. The molecule has 0 aromatic rings. The van der Waals surface area contributed by atoms with Gasteiger partial charge >= 0.3 is 0 Å². The number of hydrogen-bond acceptors (Lipinski definition) is 10. The number of nitrogens with one attached hydrogen (secondary N) is 2. The summed E-state index contributed by atoms with van der Waals surface area (Å²) < 4.78 is 21.9. The highest BCUT2D eigenvalue weighted by molar-refractivity contribution is 5.93. The first-order valence-corrected chi connectivity index (χ1v) is 12.5. The number of nitrogens with zero attached hydrogens (tertiary/aromatic N) is 4. The number of primary amides is 1. The molecule has 0 radical (unpaired) electrons. The Labute approximate surface area is 215 Å². The molecule has 2 fully saturated rings. The smallest absolute Gasteiger partial charge is 0.243 e. The van der Waals surface area contributed by atoms with Gasteiger partial charge in [-0.1, -0.05) is 5.11 Å². The van der Waals surface area contributed by atoms with E-state index >= 15 is 0 Å². The van der Waals surface area contributed by atoms with Gasteiger partial charge in [0, 0.05) is 24.5 Å². The first-order chi connectivity index (χ1) is 17.8. The molecule has 2 heterocycles. The highest BCUT2D eigenvalue weighted by Crippen LogP contribution is 2.22. The number of azide groups is 1. The molecular weight excluding hydrogens is 490 g/mol. The summed E-state index contributed by atoms with van der Waals surface area (Å²) in [7, 11) is 0. The number of likely N-dealkylation sites (tertiary alicyclic amines) is 1. The maximum absolute atomic E-state index is 13.1. The maximum Gasteiger partial charge on any atom is 0.243 e. The number of amides is 3. The summed E-state index contributed by atoms with van der Waals surface area (Å²) in [6, 6.07) is -2.39. The van der Waals surface area contributed by atoms with Gasteiger partial charge in [-0.3, -0.25) is 14.4 Å². The Bertz CT molecular complexity index is 780. The molecule has 210 valence electrons. The summed E-state index contributed by atoms with van der Waals surface area (Å²) in [5, 5.41) is 18.7. The maximum atomic E-state index is 13.1. The van der Waals surface area contributed by atoms with Crippen molar-refractivity contribution in [3.63, 3.8) is 0 Å². The average Bonchev–Trinajstić information content (AvgIpc) is 3.54. The van der Waals surface area contributed by atoms with Crippen LogP contribution in [0.1, 0.15) is 26.2 Å². The quantitative estimate of drug-likeness (QED) is 0.0698. The lowest BCUT2D eigenvalue weighted by molar-refractivity contribution is -0.141. The van der Waals surface area contributed by atoms with Crippen molar-refractivity contribution in [3.05, 3.63) is 10.4 Å². The van der Waals surface area contributed by atoms with Crippen molar-refractivity contribution in [2.75, 3.05) is 65.9 Å². The molecule has 2 aliphatic rings. The summed E-state index contributed by atoms with van der Waals surface area (Å²) in [5.74, 6) is -1.52. The Hall–Kier alpha value is -2.52. The Morgan fingerprint density at radius 1 is 1.16 bits per heavy atom. The van der Waals surface area contributed by atoms with Crippen molar-refractivity contribution in [3.8, 4) is 0 Å². The van der Waals surface area contributed by atoms with Crippen LogP contribution >= 0.6 is 0 Å². The normalized spacial score (nSPS) is 22.9. The molecule has 2 saturated heterocycles. The van der Waals surface area contributed by atoms with Crippen LogP contribution in [0.3, 0.4) is 0 Å². The second kappa shape index (κ2) is 17.1. The number of nitrogens with two attached hydrogens (primary N) is 1. The molecule has 0 bridgehead atoms. The lowest BCUT2D eigenvalue weighted by Crippen LogP contribution is -2.57. The standard InChI is InChI=1S/C22H39N7O8/c1-15(30)19(20(23)31)27-21(32)18-3-2-5-29(18)22(33)17-13-16(14-25-17)37-12-11-36-10-9-35-8-7-34-6-4-26-28-24/h15-19,25,30H,2-14H2,1H3,(H2,23,31)(H,27,32)/t15-,16-,17+,18+,19+/m1/s1. The largest absolute Gasteiger partial charge is 0.391 e. The van der Waals surface area contributed by atoms with Gasteiger partial charge in [0.05, 0.1) is 64.5 Å². The molecule has 0 unspecified atom stereocenters. The lowest BCUT2D eigenvalue weighted by Gasteiger charge is -2.28. The molecule has 5 N–H and O–H groups in total. The number of ether oxygens (including phenoxy) is 4. The van der Waals surface area contributed by atoms with Crippen LogP contribution < -0.4 is 16.4 Å². The van der Waals surface area contributed by atoms with Gasteiger partial charge in [0.25, 0.3) is 0 Å². The van der Waals surface area contributed by atoms with Crippen LogP contribution in [0.15, 0.2) is 5.11 Å². The third-order valence-electron chi connectivity index (χ3n) is 6.04. The molecule has 0 aromatic carbocycles. The van der Waals surface area contributed by atoms with E-state index in [-0.39, 0.29) is 12.0 Å². The van der Waals surface area contributed by atoms with Crippen LogP contribution in [-0.2, 0) is 33.3 Å². The highest BCUT2D eigenvalue weighted by atomic mass is 16.6. The Morgan fingerprint density at radius 2 is 1.81 bits per heavy atom. The number of aliphatic hydroxyl groups is 1. The van der Waals surface area contributed by atoms with Crippen LogP contribution in [0, 0.1) is 0 Å². The Kier molecular flexibility index (Phi) is 14.2. The zero-order valence-corrected chi connectivity index (χ0v) is 21.3. The molecule has 0 aromatic heterocycles. The molecule has 0 spiro atoms. The Morgan fingerprint density at radius 3 is 2.43 bits per heavy atom. The molecule has 15 nitrogen and oxygen atoms in total. The van der Waals surface area contributed by atoms with Gasteiger partial charge in [-0.15, -0.1) is 0 Å². The van der Waals surface area contributed by atoms with Crippen LogP contribution in [0.4, 0.5) is 0 Å². The van der Waals surface area contributed by atoms with E-state index in [1.54, 1.807) is 0 Å². The summed E-state index contributed by atoms with van der Waals surface area (Å²) in [4.78, 5) is 41.4. The van der Waals surface area contributed by atoms with Crippen LogP contribution in [0.5, 0.6) is 0 Å². The number of carbonyl (C=O) groups excluding carboxylic acids is 3. The van der Waals surface area contributed by atoms with Gasteiger partial charge in [0.1, 0.15) is 12.1 Å². The molecular formula is C22H39N7O8. The number of rotatable bonds is 18. The highest BCUT2D eigenvalue weighted by Gasteiger charge is 2.40. The number of carbonyl (C=O) groups is 3. The third-order valence-corrected chi connectivity index (χ3v) is 6.04. The minimum absolute atomic E-state index is 0.152. The molecule has 0 saturated carbocycles. The SMILES string of the molecule is C[C@@H](O)[C@H](NC(=O)[C@@H]1CCCN1C(=O)[C@@H]1C[C@@H](OCCOCCOCCOCCN=[N+]=[N-])CN1)C(N)=O. The van der Waals surface area contributed by atoms with Gasteiger partial charge in [-0.25, -0.2) is 0 Å².